The normalized spacial score (nSPS) is 10.8. The molecular weight excluding hydrogens is 368 g/mol. The van der Waals surface area contributed by atoms with Gasteiger partial charge in [0.25, 0.3) is 0 Å². The summed E-state index contributed by atoms with van der Waals surface area (Å²) >= 11 is 0. The molecule has 0 saturated heterocycles. The number of halogens is 2. The molecule has 4 heteroatoms. The summed E-state index contributed by atoms with van der Waals surface area (Å²) in [7, 11) is 1.20. The van der Waals surface area contributed by atoms with Gasteiger partial charge in [-0.05, 0) is 36.0 Å². The Morgan fingerprint density at radius 2 is 1.00 bits per heavy atom. The summed E-state index contributed by atoms with van der Waals surface area (Å²) in [5.41, 5.74) is 1.59. The van der Waals surface area contributed by atoms with Crippen LogP contribution >= 0.6 is 7.92 Å². The Bertz CT molecular complexity index is 1010. The van der Waals surface area contributed by atoms with E-state index in [1.54, 1.807) is 6.07 Å². The number of benzene rings is 4. The second-order valence-corrected chi connectivity index (χ2v) is 8.64. The molecule has 0 saturated carbocycles. The molecule has 135 valence electrons. The van der Waals surface area contributed by atoms with Gasteiger partial charge in [-0.15, -0.1) is 0 Å². The minimum absolute atomic E-state index is 0.639. The molecule has 0 N–H and O–H groups in total. The van der Waals surface area contributed by atoms with Gasteiger partial charge in [0, 0.05) is 0 Å². The van der Waals surface area contributed by atoms with Crippen molar-refractivity contribution in [2.45, 2.75) is 0 Å². The number of rotatable bonds is 5. The van der Waals surface area contributed by atoms with Gasteiger partial charge < -0.3 is 0 Å². The molecule has 4 aromatic rings. The third-order valence-corrected chi connectivity index (χ3v) is 6.90. The minimum Gasteiger partial charge on any atom is -0.204 e. The van der Waals surface area contributed by atoms with Gasteiger partial charge in [0.1, 0.15) is 0 Å². The van der Waals surface area contributed by atoms with Crippen molar-refractivity contribution in [3.63, 3.8) is 0 Å². The first-order valence-corrected chi connectivity index (χ1v) is 10.3. The zero-order valence-electron chi connectivity index (χ0n) is 15.1. The second kappa shape index (κ2) is 8.50. The highest BCUT2D eigenvalue weighted by atomic mass is 31.1. The Morgan fingerprint density at radius 3 is 1.54 bits per heavy atom. The molecule has 0 aliphatic rings. The highest BCUT2D eigenvalue weighted by Gasteiger charge is 2.16. The van der Waals surface area contributed by atoms with Crippen LogP contribution in [0.1, 0.15) is 0 Å². The van der Waals surface area contributed by atoms with E-state index in [0.717, 1.165) is 11.5 Å². The van der Waals surface area contributed by atoms with Crippen molar-refractivity contribution in [2.75, 3.05) is 0 Å². The van der Waals surface area contributed by atoms with Gasteiger partial charge in [-0.1, -0.05) is 102 Å². The molecule has 0 fully saturated rings. The Kier molecular flexibility index (Phi) is 5.64. The highest BCUT2D eigenvalue weighted by molar-refractivity contribution is 7.79. The fourth-order valence-corrected chi connectivity index (χ4v) is 5.40. The van der Waals surface area contributed by atoms with Crippen molar-refractivity contribution in [1.82, 2.24) is 0 Å². The molecule has 0 spiro atoms. The Morgan fingerprint density at radius 1 is 0.500 bits per heavy atom. The number of hydrogen-bond acceptors (Lipinski definition) is 0. The van der Waals surface area contributed by atoms with Crippen LogP contribution in [0.2, 0.25) is 0 Å². The maximum Gasteiger partial charge on any atom is 0.191 e. The lowest BCUT2D eigenvalue weighted by Gasteiger charge is -2.19. The van der Waals surface area contributed by atoms with Crippen molar-refractivity contribution in [3.8, 4) is 0 Å². The Balaban J connectivity index is 1.64. The van der Waals surface area contributed by atoms with Crippen LogP contribution < -0.4 is 26.8 Å². The smallest absolute Gasteiger partial charge is 0.191 e. The van der Waals surface area contributed by atoms with Crippen molar-refractivity contribution in [1.29, 1.82) is 0 Å². The van der Waals surface area contributed by atoms with Gasteiger partial charge in [0.2, 0.25) is 0 Å². The molecular formula is C24H17BF2P. The molecule has 0 aromatic heterocycles. The summed E-state index contributed by atoms with van der Waals surface area (Å²) in [4.78, 5) is 0. The van der Waals surface area contributed by atoms with Crippen molar-refractivity contribution in [2.24, 2.45) is 0 Å². The standard InChI is InChI=1S/C24H17BF2P/c26-23-16-13-19(17-24(23)27)25-18-11-14-22(15-12-18)28(20-7-3-1-4-8-20)21-9-5-2-6-10-21/h1-17H. The van der Waals surface area contributed by atoms with E-state index in [2.05, 4.69) is 60.7 Å². The van der Waals surface area contributed by atoms with E-state index < -0.39 is 19.6 Å². The molecule has 0 unspecified atom stereocenters. The van der Waals surface area contributed by atoms with Crippen LogP contribution in [-0.4, -0.2) is 7.28 Å². The maximum absolute atomic E-state index is 13.4. The van der Waals surface area contributed by atoms with E-state index in [9.17, 15) is 8.78 Å². The van der Waals surface area contributed by atoms with Crippen LogP contribution in [0.5, 0.6) is 0 Å². The Labute approximate surface area is 165 Å². The van der Waals surface area contributed by atoms with Crippen LogP contribution in [0, 0.1) is 11.6 Å². The van der Waals surface area contributed by atoms with Crippen molar-refractivity contribution >= 4 is 42.0 Å². The molecule has 0 amide bonds. The minimum atomic E-state index is -0.831. The lowest BCUT2D eigenvalue weighted by molar-refractivity contribution is 0.509. The van der Waals surface area contributed by atoms with Crippen LogP contribution in [0.4, 0.5) is 8.78 Å². The summed E-state index contributed by atoms with van der Waals surface area (Å²) < 4.78 is 26.5. The van der Waals surface area contributed by atoms with Crippen LogP contribution in [0.25, 0.3) is 0 Å². The van der Waals surface area contributed by atoms with Gasteiger partial charge in [-0.25, -0.2) is 8.78 Å². The second-order valence-electron chi connectivity index (χ2n) is 6.42. The zero-order chi connectivity index (χ0) is 19.3. The van der Waals surface area contributed by atoms with Crippen LogP contribution in [0.3, 0.4) is 0 Å². The molecule has 0 aliphatic heterocycles. The van der Waals surface area contributed by atoms with Crippen LogP contribution in [0.15, 0.2) is 103 Å². The fourth-order valence-electron chi connectivity index (χ4n) is 3.12. The van der Waals surface area contributed by atoms with Gasteiger partial charge in [0.15, 0.2) is 18.9 Å². The topological polar surface area (TPSA) is 0 Å². The molecule has 1 radical (unpaired) electrons. The molecule has 0 nitrogen and oxygen atoms in total. The first kappa shape index (κ1) is 18.6. The summed E-state index contributed by atoms with van der Waals surface area (Å²) in [6, 6.07) is 33.2. The van der Waals surface area contributed by atoms with E-state index >= 15 is 0 Å². The highest BCUT2D eigenvalue weighted by Crippen LogP contribution is 2.32. The monoisotopic (exact) mass is 385 g/mol. The molecule has 4 aromatic carbocycles. The molecule has 0 atom stereocenters. The Hall–Kier alpha value is -2.77. The summed E-state index contributed by atoms with van der Waals surface area (Å²) in [6.07, 6.45) is 0. The first-order valence-electron chi connectivity index (χ1n) is 9.01. The van der Waals surface area contributed by atoms with Gasteiger partial charge in [0.05, 0.1) is 0 Å². The molecule has 0 heterocycles. The van der Waals surface area contributed by atoms with E-state index in [4.69, 9.17) is 0 Å². The van der Waals surface area contributed by atoms with Gasteiger partial charge >= 0.3 is 0 Å². The average Bonchev–Trinajstić information content (AvgIpc) is 2.74. The van der Waals surface area contributed by atoms with Crippen molar-refractivity contribution < 1.29 is 8.78 Å². The van der Waals surface area contributed by atoms with E-state index in [-0.39, 0.29) is 0 Å². The van der Waals surface area contributed by atoms with E-state index in [1.165, 1.54) is 22.0 Å². The third-order valence-electron chi connectivity index (χ3n) is 4.46. The summed E-state index contributed by atoms with van der Waals surface area (Å²) in [6.45, 7) is 0. The lowest BCUT2D eigenvalue weighted by atomic mass is 9.64. The zero-order valence-corrected chi connectivity index (χ0v) is 16.0. The largest absolute Gasteiger partial charge is 0.204 e. The molecule has 28 heavy (non-hydrogen) atoms. The van der Waals surface area contributed by atoms with E-state index in [1.807, 2.05) is 31.5 Å². The quantitative estimate of drug-likeness (QED) is 0.365. The fraction of sp³-hybridized carbons (Fsp3) is 0. The lowest BCUT2D eigenvalue weighted by Crippen LogP contribution is -2.29. The maximum atomic E-state index is 13.4. The van der Waals surface area contributed by atoms with Gasteiger partial charge in [-0.3, -0.25) is 0 Å². The predicted molar refractivity (Wildman–Crippen MR) is 117 cm³/mol. The van der Waals surface area contributed by atoms with Gasteiger partial charge in [-0.2, -0.15) is 0 Å². The third kappa shape index (κ3) is 4.21. The molecule has 0 bridgehead atoms. The summed E-state index contributed by atoms with van der Waals surface area (Å²) in [5, 5.41) is 3.83. The SMILES string of the molecule is Fc1ccc([B]c2ccc(P(c3ccccc3)c3ccccc3)cc2)cc1F. The van der Waals surface area contributed by atoms with Crippen LogP contribution in [-0.2, 0) is 0 Å². The first-order chi connectivity index (χ1) is 13.7. The van der Waals surface area contributed by atoms with E-state index in [0.29, 0.717) is 5.46 Å². The molecule has 4 rings (SSSR count). The predicted octanol–water partition coefficient (Wildman–Crippen LogP) is 3.38. The number of hydrogen-bond donors (Lipinski definition) is 0. The average molecular weight is 385 g/mol. The van der Waals surface area contributed by atoms with Crippen molar-refractivity contribution in [3.05, 3.63) is 115 Å². The molecule has 0 aliphatic carbocycles. The summed E-state index contributed by atoms with van der Waals surface area (Å²) in [5.74, 6) is -1.66.